The lowest BCUT2D eigenvalue weighted by Gasteiger charge is -2.12. The van der Waals surface area contributed by atoms with Crippen LogP contribution in [0.1, 0.15) is 30.3 Å². The first kappa shape index (κ1) is 16.0. The van der Waals surface area contributed by atoms with E-state index in [1.165, 1.54) is 0 Å². The number of nitrogens with one attached hydrogen (secondary N) is 1. The van der Waals surface area contributed by atoms with Gasteiger partial charge in [0.05, 0.1) is 5.69 Å². The van der Waals surface area contributed by atoms with Crippen molar-refractivity contribution in [1.29, 1.82) is 0 Å². The Morgan fingerprint density at radius 3 is 2.71 bits per heavy atom. The van der Waals surface area contributed by atoms with Gasteiger partial charge in [0.1, 0.15) is 11.4 Å². The largest absolute Gasteiger partial charge is 0.453 e. The lowest BCUT2D eigenvalue weighted by Crippen LogP contribution is -2.14. The van der Waals surface area contributed by atoms with Gasteiger partial charge in [-0.25, -0.2) is 0 Å². The van der Waals surface area contributed by atoms with Crippen LogP contribution in [-0.2, 0) is 13.6 Å². The van der Waals surface area contributed by atoms with Crippen molar-refractivity contribution in [3.8, 4) is 11.5 Å². The molecule has 1 heterocycles. The van der Waals surface area contributed by atoms with Gasteiger partial charge in [-0.2, -0.15) is 5.10 Å². The number of nitrogens with zero attached hydrogens (tertiary/aromatic N) is 2. The Morgan fingerprint density at radius 2 is 2.10 bits per heavy atom. The van der Waals surface area contributed by atoms with Crippen molar-refractivity contribution in [1.82, 2.24) is 15.1 Å². The molecule has 1 aromatic heterocycles. The molecule has 1 aromatic carbocycles. The van der Waals surface area contributed by atoms with Crippen LogP contribution >= 0.6 is 15.9 Å². The predicted molar refractivity (Wildman–Crippen MR) is 88.9 cm³/mol. The molecule has 5 heteroatoms. The number of aryl methyl sites for hydroxylation is 2. The van der Waals surface area contributed by atoms with Gasteiger partial charge >= 0.3 is 0 Å². The van der Waals surface area contributed by atoms with Gasteiger partial charge in [0.25, 0.3) is 0 Å². The van der Waals surface area contributed by atoms with E-state index in [0.717, 1.165) is 52.4 Å². The van der Waals surface area contributed by atoms with Gasteiger partial charge < -0.3 is 10.1 Å². The topological polar surface area (TPSA) is 39.1 Å². The molecule has 4 nitrogen and oxygen atoms in total. The normalized spacial score (nSPS) is 10.9. The number of hydrogen-bond acceptors (Lipinski definition) is 3. The zero-order valence-electron chi connectivity index (χ0n) is 13.0. The molecule has 0 amide bonds. The fourth-order valence-electron chi connectivity index (χ4n) is 2.18. The van der Waals surface area contributed by atoms with Crippen LogP contribution in [0.4, 0.5) is 0 Å². The molecule has 0 aliphatic carbocycles. The van der Waals surface area contributed by atoms with Crippen LogP contribution in [0.25, 0.3) is 0 Å². The minimum Gasteiger partial charge on any atom is -0.453 e. The van der Waals surface area contributed by atoms with Crippen molar-refractivity contribution in [2.75, 3.05) is 6.54 Å². The highest BCUT2D eigenvalue weighted by Gasteiger charge is 2.14. The molecule has 0 bridgehead atoms. The maximum atomic E-state index is 6.15. The molecule has 0 saturated heterocycles. The molecule has 0 atom stereocenters. The Kier molecular flexibility index (Phi) is 5.42. The molecule has 114 valence electrons. The van der Waals surface area contributed by atoms with Crippen molar-refractivity contribution >= 4 is 15.9 Å². The van der Waals surface area contributed by atoms with E-state index in [-0.39, 0.29) is 0 Å². The Hall–Kier alpha value is -1.33. The van der Waals surface area contributed by atoms with E-state index in [1.54, 1.807) is 0 Å². The summed E-state index contributed by atoms with van der Waals surface area (Å²) in [5.74, 6) is 1.71. The summed E-state index contributed by atoms with van der Waals surface area (Å²) in [5, 5.41) is 7.81. The first-order valence-corrected chi connectivity index (χ1v) is 7.99. The zero-order valence-corrected chi connectivity index (χ0v) is 14.6. The van der Waals surface area contributed by atoms with Crippen molar-refractivity contribution in [3.05, 3.63) is 39.6 Å². The van der Waals surface area contributed by atoms with E-state index in [2.05, 4.69) is 39.3 Å². The average molecular weight is 352 g/mol. The number of halogens is 1. The van der Waals surface area contributed by atoms with E-state index < -0.39 is 0 Å². The number of hydrogen-bond donors (Lipinski definition) is 1. The third-order valence-corrected chi connectivity index (χ3v) is 3.92. The Balaban J connectivity index is 2.27. The highest BCUT2D eigenvalue weighted by atomic mass is 79.9. The number of aromatic nitrogens is 2. The number of rotatable bonds is 6. The summed E-state index contributed by atoms with van der Waals surface area (Å²) in [7, 11) is 1.93. The highest BCUT2D eigenvalue weighted by Crippen LogP contribution is 2.32. The number of benzene rings is 1. The third kappa shape index (κ3) is 3.86. The fraction of sp³-hybridized carbons (Fsp3) is 0.438. The smallest absolute Gasteiger partial charge is 0.171 e. The minimum absolute atomic E-state index is 0.800. The summed E-state index contributed by atoms with van der Waals surface area (Å²) in [6.45, 7) is 7.95. The lowest BCUT2D eigenvalue weighted by molar-refractivity contribution is 0.464. The van der Waals surface area contributed by atoms with Crippen LogP contribution in [0.3, 0.4) is 0 Å². The summed E-state index contributed by atoms with van der Waals surface area (Å²) in [5.41, 5.74) is 3.08. The molecule has 0 radical (unpaired) electrons. The second-order valence-electron chi connectivity index (χ2n) is 5.15. The second kappa shape index (κ2) is 7.09. The highest BCUT2D eigenvalue weighted by molar-refractivity contribution is 9.10. The van der Waals surface area contributed by atoms with Crippen LogP contribution in [0, 0.1) is 13.8 Å². The summed E-state index contributed by atoms with van der Waals surface area (Å²) in [4.78, 5) is 0. The van der Waals surface area contributed by atoms with Crippen LogP contribution in [0.5, 0.6) is 11.5 Å². The molecular weight excluding hydrogens is 330 g/mol. The molecule has 0 saturated carbocycles. The molecule has 2 aromatic rings. The third-order valence-electron chi connectivity index (χ3n) is 3.43. The minimum atomic E-state index is 0.800. The van der Waals surface area contributed by atoms with Crippen LogP contribution in [0.15, 0.2) is 22.7 Å². The van der Waals surface area contributed by atoms with E-state index in [0.29, 0.717) is 0 Å². The van der Waals surface area contributed by atoms with Crippen molar-refractivity contribution in [3.63, 3.8) is 0 Å². The molecule has 0 fully saturated rings. The van der Waals surface area contributed by atoms with Gasteiger partial charge in [0.2, 0.25) is 0 Å². The average Bonchev–Trinajstić information content (AvgIpc) is 2.68. The van der Waals surface area contributed by atoms with Gasteiger partial charge in [0.15, 0.2) is 5.75 Å². The van der Waals surface area contributed by atoms with E-state index in [1.807, 2.05) is 37.7 Å². The summed E-state index contributed by atoms with van der Waals surface area (Å²) >= 11 is 3.51. The molecule has 21 heavy (non-hydrogen) atoms. The van der Waals surface area contributed by atoms with Gasteiger partial charge in [-0.15, -0.1) is 0 Å². The van der Waals surface area contributed by atoms with Crippen molar-refractivity contribution < 1.29 is 4.74 Å². The quantitative estimate of drug-likeness (QED) is 0.796. The number of ether oxygens (including phenoxy) is 1. The molecule has 0 spiro atoms. The first-order chi connectivity index (χ1) is 10.0. The molecule has 1 N–H and O–H groups in total. The van der Waals surface area contributed by atoms with E-state index >= 15 is 0 Å². The van der Waals surface area contributed by atoms with Gasteiger partial charge in [0, 0.05) is 23.6 Å². The van der Waals surface area contributed by atoms with Crippen molar-refractivity contribution in [2.24, 2.45) is 7.05 Å². The maximum Gasteiger partial charge on any atom is 0.171 e. The maximum absolute atomic E-state index is 6.15. The Morgan fingerprint density at radius 1 is 1.33 bits per heavy atom. The van der Waals surface area contributed by atoms with Crippen molar-refractivity contribution in [2.45, 2.75) is 33.7 Å². The van der Waals surface area contributed by atoms with Gasteiger partial charge in [-0.05, 0) is 38.9 Å². The molecule has 2 rings (SSSR count). The monoisotopic (exact) mass is 351 g/mol. The molecular formula is C16H22BrN3O. The summed E-state index contributed by atoms with van der Waals surface area (Å²) < 4.78 is 9.01. The molecule has 0 aliphatic heterocycles. The first-order valence-electron chi connectivity index (χ1n) is 7.20. The Bertz CT molecular complexity index is 622. The van der Waals surface area contributed by atoms with E-state index in [4.69, 9.17) is 4.74 Å². The van der Waals surface area contributed by atoms with Crippen LogP contribution in [-0.4, -0.2) is 16.3 Å². The molecule has 0 unspecified atom stereocenters. The fourth-order valence-corrected chi connectivity index (χ4v) is 2.52. The SMILES string of the molecule is CCCNCc1ccc(Br)cc1Oc1c(C)nn(C)c1C. The zero-order chi connectivity index (χ0) is 15.4. The summed E-state index contributed by atoms with van der Waals surface area (Å²) in [6, 6.07) is 6.14. The second-order valence-corrected chi connectivity index (χ2v) is 6.07. The molecule has 0 aliphatic rings. The van der Waals surface area contributed by atoms with E-state index in [9.17, 15) is 0 Å². The predicted octanol–water partition coefficient (Wildman–Crippen LogP) is 4.09. The summed E-state index contributed by atoms with van der Waals surface area (Å²) in [6.07, 6.45) is 1.12. The van der Waals surface area contributed by atoms with Crippen LogP contribution in [0.2, 0.25) is 0 Å². The van der Waals surface area contributed by atoms with Crippen LogP contribution < -0.4 is 10.1 Å². The Labute approximate surface area is 134 Å². The standard InChI is InChI=1S/C16H22BrN3O/c1-5-8-18-10-13-6-7-14(17)9-15(13)21-16-11(2)19-20(4)12(16)3/h6-7,9,18H,5,8,10H2,1-4H3. The van der Waals surface area contributed by atoms with Gasteiger partial charge in [-0.1, -0.05) is 28.9 Å². The lowest BCUT2D eigenvalue weighted by atomic mass is 10.2. The van der Waals surface area contributed by atoms with Gasteiger partial charge in [-0.3, -0.25) is 4.68 Å².